The monoisotopic (exact) mass is 651 g/mol. The standard InChI is InChI=1S/C21H34NO3.C17H21NO4/c1-4-22(3,5-2)16-17-25-20(23)21(24,18-12-8-6-9-13-18)19-14-10-7-11-15-19;1-18-13-7-11(8-14(18)16-15(13)22-16)21-17(20)12(9-19)10-5-3-2-4-6-10/h6,8-9,12-13,19,24H,4-5,7,10-11,14-17H2,1-3H3;2-6,11-16,19H,7-9H2,1H3/q+1;. The molecule has 3 aliphatic heterocycles. The highest BCUT2D eigenvalue weighted by Gasteiger charge is 2.63. The number of morpholine rings is 1. The Balaban J connectivity index is 0.000000185. The van der Waals surface area contributed by atoms with Crippen LogP contribution in [-0.4, -0.2) is 109 Å². The largest absolute Gasteiger partial charge is 0.462 e. The summed E-state index contributed by atoms with van der Waals surface area (Å²) in [4.78, 5) is 27.7. The lowest BCUT2D eigenvalue weighted by Gasteiger charge is -2.38. The highest BCUT2D eigenvalue weighted by molar-refractivity contribution is 5.81. The zero-order chi connectivity index (χ0) is 33.6. The van der Waals surface area contributed by atoms with Gasteiger partial charge in [0, 0.05) is 30.8 Å². The van der Waals surface area contributed by atoms with Gasteiger partial charge in [0.25, 0.3) is 0 Å². The molecule has 3 saturated heterocycles. The van der Waals surface area contributed by atoms with Crippen LogP contribution < -0.4 is 0 Å². The summed E-state index contributed by atoms with van der Waals surface area (Å²) in [7, 11) is 4.29. The van der Waals surface area contributed by atoms with E-state index in [0.717, 1.165) is 68.2 Å². The van der Waals surface area contributed by atoms with Gasteiger partial charge in [-0.2, -0.15) is 0 Å². The summed E-state index contributed by atoms with van der Waals surface area (Å²) in [5, 5.41) is 21.0. The second-order valence-electron chi connectivity index (χ2n) is 14.1. The second kappa shape index (κ2) is 15.6. The van der Waals surface area contributed by atoms with Gasteiger partial charge in [-0.25, -0.2) is 4.79 Å². The summed E-state index contributed by atoms with van der Waals surface area (Å²) in [5.74, 6) is -1.46. The van der Waals surface area contributed by atoms with Crippen LogP contribution in [0.4, 0.5) is 0 Å². The molecule has 1 saturated carbocycles. The van der Waals surface area contributed by atoms with E-state index in [1.807, 2.05) is 60.7 Å². The number of aliphatic hydroxyl groups excluding tert-OH is 1. The molecule has 3 heterocycles. The number of carbonyl (C=O) groups is 2. The van der Waals surface area contributed by atoms with Crippen LogP contribution in [-0.2, 0) is 29.4 Å². The van der Waals surface area contributed by atoms with Crippen LogP contribution in [0.1, 0.15) is 75.8 Å². The van der Waals surface area contributed by atoms with Gasteiger partial charge in [0.15, 0.2) is 5.60 Å². The fourth-order valence-corrected chi connectivity index (χ4v) is 7.79. The van der Waals surface area contributed by atoms with Gasteiger partial charge in [-0.3, -0.25) is 9.69 Å². The number of piperidine rings is 1. The third kappa shape index (κ3) is 7.92. The number of hydrogen-bond donors (Lipinski definition) is 2. The van der Waals surface area contributed by atoms with Crippen LogP contribution in [0.5, 0.6) is 0 Å². The second-order valence-corrected chi connectivity index (χ2v) is 14.1. The molecule has 6 atom stereocenters. The maximum atomic E-state index is 12.9. The molecule has 2 N–H and O–H groups in total. The van der Waals surface area contributed by atoms with Gasteiger partial charge in [0.1, 0.15) is 37.4 Å². The lowest BCUT2D eigenvalue weighted by atomic mass is 9.73. The first-order valence-corrected chi connectivity index (χ1v) is 17.7. The fraction of sp³-hybridized carbons (Fsp3) is 0.632. The minimum Gasteiger partial charge on any atom is -0.462 e. The molecule has 0 radical (unpaired) electrons. The predicted molar refractivity (Wildman–Crippen MR) is 179 cm³/mol. The Kier molecular flexibility index (Phi) is 11.8. The van der Waals surface area contributed by atoms with Gasteiger partial charge in [-0.05, 0) is 44.9 Å². The molecule has 4 fully saturated rings. The van der Waals surface area contributed by atoms with E-state index >= 15 is 0 Å². The van der Waals surface area contributed by atoms with E-state index in [1.165, 1.54) is 6.42 Å². The number of esters is 2. The summed E-state index contributed by atoms with van der Waals surface area (Å²) in [6.45, 7) is 7.18. The molecule has 4 aliphatic rings. The number of quaternary nitrogens is 1. The molecular formula is C38H55N2O7+. The van der Waals surface area contributed by atoms with Crippen molar-refractivity contribution in [3.63, 3.8) is 0 Å². The molecule has 6 rings (SSSR count). The third-order valence-corrected chi connectivity index (χ3v) is 11.4. The average Bonchev–Trinajstić information content (AvgIpc) is 3.88. The highest BCUT2D eigenvalue weighted by Crippen LogP contribution is 2.48. The van der Waals surface area contributed by atoms with E-state index in [2.05, 4.69) is 32.8 Å². The number of benzene rings is 2. The Morgan fingerprint density at radius 1 is 0.957 bits per heavy atom. The van der Waals surface area contributed by atoms with E-state index in [4.69, 9.17) is 14.2 Å². The summed E-state index contributed by atoms with van der Waals surface area (Å²) >= 11 is 0. The summed E-state index contributed by atoms with van der Waals surface area (Å²) < 4.78 is 17.8. The normalized spacial score (nSPS) is 27.4. The number of likely N-dealkylation sites (N-methyl/N-ethyl adjacent to an activating group) is 2. The quantitative estimate of drug-likeness (QED) is 0.198. The Morgan fingerprint density at radius 3 is 2.09 bits per heavy atom. The number of hydrogen-bond acceptors (Lipinski definition) is 8. The van der Waals surface area contributed by atoms with E-state index in [0.29, 0.717) is 36.5 Å². The van der Waals surface area contributed by atoms with Crippen molar-refractivity contribution < 1.29 is 38.5 Å². The van der Waals surface area contributed by atoms with Crippen LogP contribution in [0.15, 0.2) is 60.7 Å². The Labute approximate surface area is 280 Å². The number of aliphatic hydroxyl groups is 2. The minimum atomic E-state index is -1.52. The summed E-state index contributed by atoms with van der Waals surface area (Å²) in [6.07, 6.45) is 7.31. The van der Waals surface area contributed by atoms with Crippen molar-refractivity contribution in [3.8, 4) is 0 Å². The average molecular weight is 652 g/mol. The Morgan fingerprint density at radius 2 is 1.53 bits per heavy atom. The van der Waals surface area contributed by atoms with Crippen LogP contribution in [0.3, 0.4) is 0 Å². The molecule has 6 unspecified atom stereocenters. The minimum absolute atomic E-state index is 0.0608. The highest BCUT2D eigenvalue weighted by atomic mass is 16.6. The SMILES string of the molecule is CC[N+](C)(CC)CCOC(=O)C(O)(c1ccccc1)C1CCCCC1.CN1C2CC(OC(=O)C(CO)c3ccccc3)CC1C1OC12. The molecule has 2 aromatic carbocycles. The van der Waals surface area contributed by atoms with Crippen molar-refractivity contribution in [2.75, 3.05) is 46.9 Å². The van der Waals surface area contributed by atoms with Crippen LogP contribution in [0.2, 0.25) is 0 Å². The van der Waals surface area contributed by atoms with Crippen molar-refractivity contribution in [2.24, 2.45) is 5.92 Å². The molecular weight excluding hydrogens is 596 g/mol. The van der Waals surface area contributed by atoms with Crippen LogP contribution in [0, 0.1) is 5.92 Å². The summed E-state index contributed by atoms with van der Waals surface area (Å²) in [6, 6.07) is 19.4. The van der Waals surface area contributed by atoms with E-state index in [9.17, 15) is 19.8 Å². The van der Waals surface area contributed by atoms with E-state index < -0.39 is 17.5 Å². The van der Waals surface area contributed by atoms with Crippen molar-refractivity contribution >= 4 is 11.9 Å². The van der Waals surface area contributed by atoms with Gasteiger partial charge in [-0.15, -0.1) is 0 Å². The molecule has 2 bridgehead atoms. The van der Waals surface area contributed by atoms with E-state index in [1.54, 1.807) is 0 Å². The van der Waals surface area contributed by atoms with Crippen molar-refractivity contribution in [1.29, 1.82) is 0 Å². The molecule has 47 heavy (non-hydrogen) atoms. The lowest BCUT2D eigenvalue weighted by Crippen LogP contribution is -2.48. The van der Waals surface area contributed by atoms with Gasteiger partial charge in [0.2, 0.25) is 0 Å². The molecule has 258 valence electrons. The van der Waals surface area contributed by atoms with Gasteiger partial charge >= 0.3 is 11.9 Å². The third-order valence-electron chi connectivity index (χ3n) is 11.4. The number of fused-ring (bicyclic) bond motifs is 5. The zero-order valence-electron chi connectivity index (χ0n) is 28.6. The lowest BCUT2D eigenvalue weighted by molar-refractivity contribution is -0.906. The molecule has 0 amide bonds. The Hall–Kier alpha value is -2.82. The van der Waals surface area contributed by atoms with E-state index in [-0.39, 0.29) is 24.6 Å². The van der Waals surface area contributed by atoms with Crippen LogP contribution >= 0.6 is 0 Å². The first kappa shape index (κ1) is 35.5. The topological polar surface area (TPSA) is 109 Å². The van der Waals surface area contributed by atoms with Gasteiger partial charge < -0.3 is 28.9 Å². The number of epoxide rings is 1. The summed E-state index contributed by atoms with van der Waals surface area (Å²) in [5.41, 5.74) is -0.0593. The first-order valence-electron chi connectivity index (χ1n) is 17.7. The number of ether oxygens (including phenoxy) is 3. The maximum Gasteiger partial charge on any atom is 0.343 e. The number of nitrogens with zero attached hydrogens (tertiary/aromatic N) is 2. The smallest absolute Gasteiger partial charge is 0.343 e. The molecule has 1 aliphatic carbocycles. The molecule has 9 heteroatoms. The van der Waals surface area contributed by atoms with Crippen molar-refractivity contribution in [3.05, 3.63) is 71.8 Å². The molecule has 0 spiro atoms. The first-order chi connectivity index (χ1) is 22.6. The number of carbonyl (C=O) groups excluding carboxylic acids is 2. The van der Waals surface area contributed by atoms with Gasteiger partial charge in [0.05, 0.1) is 26.7 Å². The molecule has 9 nitrogen and oxygen atoms in total. The van der Waals surface area contributed by atoms with Gasteiger partial charge in [-0.1, -0.05) is 79.9 Å². The van der Waals surface area contributed by atoms with Crippen LogP contribution in [0.25, 0.3) is 0 Å². The van der Waals surface area contributed by atoms with Crippen molar-refractivity contribution in [2.45, 2.75) is 101 Å². The predicted octanol–water partition coefficient (Wildman–Crippen LogP) is 4.40. The maximum absolute atomic E-state index is 12.9. The molecule has 2 aromatic rings. The van der Waals surface area contributed by atoms with Crippen molar-refractivity contribution in [1.82, 2.24) is 4.90 Å². The molecule has 0 aromatic heterocycles. The fourth-order valence-electron chi connectivity index (χ4n) is 7.79. The zero-order valence-corrected chi connectivity index (χ0v) is 28.6. The Bertz CT molecular complexity index is 1280. The number of rotatable bonds is 12.